The lowest BCUT2D eigenvalue weighted by Gasteiger charge is -2.25. The van der Waals surface area contributed by atoms with Crippen molar-refractivity contribution in [3.63, 3.8) is 0 Å². The normalized spacial score (nSPS) is 11.5. The van der Waals surface area contributed by atoms with Gasteiger partial charge in [0.15, 0.2) is 0 Å². The van der Waals surface area contributed by atoms with Gasteiger partial charge in [-0.05, 0) is 137 Å². The van der Waals surface area contributed by atoms with Gasteiger partial charge < -0.3 is 14.0 Å². The van der Waals surface area contributed by atoms with Crippen LogP contribution in [0.15, 0.2) is 249 Å². The summed E-state index contributed by atoms with van der Waals surface area (Å²) in [4.78, 5) is 2.31. The molecule has 0 N–H and O–H groups in total. The monoisotopic (exact) mass is 803 g/mol. The first kappa shape index (κ1) is 36.5. The molecular formula is C60H41N3. The molecule has 0 aliphatic heterocycles. The number of para-hydroxylation sites is 4. The number of rotatable bonds is 8. The van der Waals surface area contributed by atoms with Crippen molar-refractivity contribution in [3.05, 3.63) is 249 Å². The van der Waals surface area contributed by atoms with Crippen LogP contribution >= 0.6 is 0 Å². The van der Waals surface area contributed by atoms with Gasteiger partial charge in [-0.25, -0.2) is 0 Å². The highest BCUT2D eigenvalue weighted by atomic mass is 15.1. The molecule has 0 radical (unpaired) electrons. The molecule has 0 bridgehead atoms. The van der Waals surface area contributed by atoms with Crippen LogP contribution in [0, 0.1) is 0 Å². The predicted octanol–water partition coefficient (Wildman–Crippen LogP) is 16.4. The van der Waals surface area contributed by atoms with Crippen molar-refractivity contribution in [2.45, 2.75) is 0 Å². The fraction of sp³-hybridized carbons (Fsp3) is 0. The van der Waals surface area contributed by atoms with Crippen molar-refractivity contribution in [3.8, 4) is 44.8 Å². The van der Waals surface area contributed by atoms with Crippen molar-refractivity contribution in [1.29, 1.82) is 0 Å². The van der Waals surface area contributed by atoms with E-state index in [0.717, 1.165) is 28.4 Å². The largest absolute Gasteiger partial charge is 0.311 e. The van der Waals surface area contributed by atoms with Crippen LogP contribution in [-0.4, -0.2) is 9.13 Å². The number of benzene rings is 10. The topological polar surface area (TPSA) is 13.1 Å². The number of nitrogens with zero attached hydrogens (tertiary/aromatic N) is 3. The Morgan fingerprint density at radius 2 is 0.587 bits per heavy atom. The average molecular weight is 804 g/mol. The Bertz CT molecular complexity index is 3550. The highest BCUT2D eigenvalue weighted by molar-refractivity contribution is 6.13. The van der Waals surface area contributed by atoms with E-state index in [-0.39, 0.29) is 0 Å². The number of anilines is 3. The third-order valence-corrected chi connectivity index (χ3v) is 12.5. The van der Waals surface area contributed by atoms with E-state index in [1.54, 1.807) is 0 Å². The van der Waals surface area contributed by atoms with Crippen molar-refractivity contribution >= 4 is 60.7 Å². The molecule has 0 saturated carbocycles. The van der Waals surface area contributed by atoms with Crippen molar-refractivity contribution in [2.24, 2.45) is 0 Å². The average Bonchev–Trinajstić information content (AvgIpc) is 3.87. The van der Waals surface area contributed by atoms with Gasteiger partial charge in [-0.1, -0.05) is 146 Å². The van der Waals surface area contributed by atoms with Crippen LogP contribution in [0.4, 0.5) is 17.1 Å². The third kappa shape index (κ3) is 6.38. The first-order chi connectivity index (χ1) is 31.2. The van der Waals surface area contributed by atoms with Crippen molar-refractivity contribution in [1.82, 2.24) is 9.13 Å². The zero-order valence-electron chi connectivity index (χ0n) is 34.5. The molecule has 0 aliphatic rings. The van der Waals surface area contributed by atoms with E-state index in [2.05, 4.69) is 263 Å². The first-order valence-corrected chi connectivity index (χ1v) is 21.6. The van der Waals surface area contributed by atoms with E-state index in [0.29, 0.717) is 0 Å². The molecule has 0 saturated heterocycles. The molecule has 2 heterocycles. The Labute approximate surface area is 366 Å². The minimum absolute atomic E-state index is 1.11. The lowest BCUT2D eigenvalue weighted by atomic mass is 9.99. The van der Waals surface area contributed by atoms with E-state index in [1.165, 1.54) is 77.0 Å². The first-order valence-electron chi connectivity index (χ1n) is 21.6. The summed E-state index contributed by atoms with van der Waals surface area (Å²) in [6.45, 7) is 0. The summed E-state index contributed by atoms with van der Waals surface area (Å²) >= 11 is 0. The molecule has 12 rings (SSSR count). The summed E-state index contributed by atoms with van der Waals surface area (Å²) < 4.78 is 4.81. The summed E-state index contributed by atoms with van der Waals surface area (Å²) in [5.41, 5.74) is 17.6. The Morgan fingerprint density at radius 3 is 1.17 bits per heavy atom. The molecule has 0 spiro atoms. The number of fused-ring (bicyclic) bond motifs is 6. The standard InChI is InChI=1S/C60H41N3/c1-5-16-42(17-6-1)44-18-15-25-52(38-44)63-59-35-30-45(43-28-33-51(34-29-43)61(48-19-7-2-8-20-48)49-21-9-3-10-22-49)39-55(59)56-41-47(32-37-60(56)63)46-31-36-58-54(40-46)53-26-13-14-27-57(53)62(58)50-23-11-4-12-24-50/h1-41H. The minimum atomic E-state index is 1.11. The fourth-order valence-corrected chi connectivity index (χ4v) is 9.53. The number of hydrogen-bond donors (Lipinski definition) is 0. The molecule has 3 heteroatoms. The van der Waals surface area contributed by atoms with E-state index >= 15 is 0 Å². The van der Waals surface area contributed by atoms with Gasteiger partial charge in [0, 0.05) is 50.0 Å². The highest BCUT2D eigenvalue weighted by Crippen LogP contribution is 2.41. The van der Waals surface area contributed by atoms with Gasteiger partial charge in [0.2, 0.25) is 0 Å². The van der Waals surface area contributed by atoms with Crippen molar-refractivity contribution < 1.29 is 0 Å². The second-order valence-electron chi connectivity index (χ2n) is 16.2. The van der Waals surface area contributed by atoms with Gasteiger partial charge in [-0.2, -0.15) is 0 Å². The predicted molar refractivity (Wildman–Crippen MR) is 266 cm³/mol. The Balaban J connectivity index is 1.01. The Morgan fingerprint density at radius 1 is 0.222 bits per heavy atom. The van der Waals surface area contributed by atoms with Gasteiger partial charge in [0.05, 0.1) is 22.1 Å². The molecule has 0 amide bonds. The van der Waals surface area contributed by atoms with Gasteiger partial charge in [-0.3, -0.25) is 0 Å². The second kappa shape index (κ2) is 15.3. The summed E-state index contributed by atoms with van der Waals surface area (Å²) in [6, 6.07) is 90.1. The third-order valence-electron chi connectivity index (χ3n) is 12.5. The van der Waals surface area contributed by atoms with Gasteiger partial charge in [-0.15, -0.1) is 0 Å². The molecule has 12 aromatic rings. The zero-order valence-corrected chi connectivity index (χ0v) is 34.5. The SMILES string of the molecule is c1ccc(-c2cccc(-n3c4ccc(-c5ccc(N(c6ccccc6)c6ccccc6)cc5)cc4c4cc(-c5ccc6c(c5)c5ccccc5n6-c5ccccc5)ccc43)c2)cc1. The molecule has 63 heavy (non-hydrogen) atoms. The van der Waals surface area contributed by atoms with E-state index < -0.39 is 0 Å². The maximum atomic E-state index is 2.43. The van der Waals surface area contributed by atoms with E-state index in [1.807, 2.05) is 0 Å². The molecule has 0 unspecified atom stereocenters. The Kier molecular flexibility index (Phi) is 8.83. The van der Waals surface area contributed by atoms with Crippen LogP contribution < -0.4 is 4.90 Å². The van der Waals surface area contributed by atoms with Crippen LogP contribution in [0.1, 0.15) is 0 Å². The van der Waals surface area contributed by atoms with E-state index in [9.17, 15) is 0 Å². The lowest BCUT2D eigenvalue weighted by Crippen LogP contribution is -2.09. The number of aromatic nitrogens is 2. The van der Waals surface area contributed by atoms with Crippen LogP contribution in [-0.2, 0) is 0 Å². The maximum absolute atomic E-state index is 2.43. The fourth-order valence-electron chi connectivity index (χ4n) is 9.53. The van der Waals surface area contributed by atoms with E-state index in [4.69, 9.17) is 0 Å². The zero-order chi connectivity index (χ0) is 41.7. The highest BCUT2D eigenvalue weighted by Gasteiger charge is 2.18. The summed E-state index contributed by atoms with van der Waals surface area (Å²) in [5.74, 6) is 0. The van der Waals surface area contributed by atoms with Crippen LogP contribution in [0.25, 0.3) is 88.4 Å². The molecule has 3 nitrogen and oxygen atoms in total. The number of hydrogen-bond acceptors (Lipinski definition) is 1. The van der Waals surface area contributed by atoms with Crippen LogP contribution in [0.5, 0.6) is 0 Å². The molecule has 10 aromatic carbocycles. The van der Waals surface area contributed by atoms with Crippen LogP contribution in [0.2, 0.25) is 0 Å². The Hall–Kier alpha value is -8.40. The molecule has 296 valence electrons. The second-order valence-corrected chi connectivity index (χ2v) is 16.2. The summed E-state index contributed by atoms with van der Waals surface area (Å²) in [5, 5.41) is 4.93. The lowest BCUT2D eigenvalue weighted by molar-refractivity contribution is 1.18. The molecule has 2 aromatic heterocycles. The van der Waals surface area contributed by atoms with Gasteiger partial charge in [0.1, 0.15) is 0 Å². The minimum Gasteiger partial charge on any atom is -0.311 e. The van der Waals surface area contributed by atoms with Crippen molar-refractivity contribution in [2.75, 3.05) is 4.90 Å². The molecular weight excluding hydrogens is 763 g/mol. The van der Waals surface area contributed by atoms with Gasteiger partial charge in [0.25, 0.3) is 0 Å². The molecule has 0 atom stereocenters. The maximum Gasteiger partial charge on any atom is 0.0541 e. The quantitative estimate of drug-likeness (QED) is 0.149. The van der Waals surface area contributed by atoms with Crippen LogP contribution in [0.3, 0.4) is 0 Å². The summed E-state index contributed by atoms with van der Waals surface area (Å²) in [6.07, 6.45) is 0. The molecule has 0 aliphatic carbocycles. The smallest absolute Gasteiger partial charge is 0.0541 e. The molecule has 0 fully saturated rings. The summed E-state index contributed by atoms with van der Waals surface area (Å²) in [7, 11) is 0. The van der Waals surface area contributed by atoms with Gasteiger partial charge >= 0.3 is 0 Å².